The Labute approximate surface area is 171 Å². The van der Waals surface area contributed by atoms with Crippen LogP contribution in [0.2, 0.25) is 0 Å². The van der Waals surface area contributed by atoms with Gasteiger partial charge >= 0.3 is 0 Å². The highest BCUT2D eigenvalue weighted by atomic mass is 127. The lowest BCUT2D eigenvalue weighted by Gasteiger charge is -2.12. The summed E-state index contributed by atoms with van der Waals surface area (Å²) in [5, 5.41) is 6.26. The Balaban J connectivity index is 0.00000338. The molecule has 0 spiro atoms. The number of hydrogen-bond acceptors (Lipinski definition) is 3. The minimum Gasteiger partial charge on any atom is -0.489 e. The van der Waals surface area contributed by atoms with Crippen LogP contribution < -0.4 is 15.4 Å². The predicted molar refractivity (Wildman–Crippen MR) is 109 cm³/mol. The van der Waals surface area contributed by atoms with E-state index in [1.807, 2.05) is 6.92 Å². The average Bonchev–Trinajstić information content (AvgIpc) is 3.40. The number of aliphatic imine (C=N–C) groups is 1. The smallest absolute Gasteiger partial charge is 0.191 e. The second kappa shape index (κ2) is 13.1. The minimum absolute atomic E-state index is 0. The van der Waals surface area contributed by atoms with Gasteiger partial charge in [-0.05, 0) is 44.2 Å². The van der Waals surface area contributed by atoms with Crippen LogP contribution in [0.3, 0.4) is 0 Å². The lowest BCUT2D eigenvalue weighted by Crippen LogP contribution is -2.39. The third-order valence-corrected chi connectivity index (χ3v) is 3.66. The van der Waals surface area contributed by atoms with Crippen LogP contribution in [0.25, 0.3) is 0 Å². The normalized spacial score (nSPS) is 13.9. The Hall–Kier alpha value is -1.16. The molecule has 0 bridgehead atoms. The van der Waals surface area contributed by atoms with Crippen molar-refractivity contribution in [2.75, 3.05) is 39.5 Å². The zero-order valence-corrected chi connectivity index (χ0v) is 17.4. The van der Waals surface area contributed by atoms with Crippen LogP contribution in [0.15, 0.2) is 23.2 Å². The molecule has 2 rings (SSSR count). The van der Waals surface area contributed by atoms with E-state index in [9.17, 15) is 8.78 Å². The van der Waals surface area contributed by atoms with Crippen molar-refractivity contribution in [2.45, 2.75) is 26.2 Å². The summed E-state index contributed by atoms with van der Waals surface area (Å²) in [6.45, 7) is 5.72. The van der Waals surface area contributed by atoms with Crippen LogP contribution >= 0.6 is 24.0 Å². The molecule has 2 N–H and O–H groups in total. The third-order valence-electron chi connectivity index (χ3n) is 3.66. The number of ether oxygens (including phenoxy) is 2. The lowest BCUT2D eigenvalue weighted by atomic mass is 10.3. The summed E-state index contributed by atoms with van der Waals surface area (Å²) in [7, 11) is 0. The third kappa shape index (κ3) is 9.51. The molecule has 0 atom stereocenters. The molecule has 1 aromatic rings. The zero-order chi connectivity index (χ0) is 17.9. The second-order valence-corrected chi connectivity index (χ2v) is 5.98. The van der Waals surface area contributed by atoms with Gasteiger partial charge in [-0.3, -0.25) is 4.99 Å². The van der Waals surface area contributed by atoms with Gasteiger partial charge in [0.25, 0.3) is 0 Å². The largest absolute Gasteiger partial charge is 0.489 e. The molecule has 26 heavy (non-hydrogen) atoms. The molecule has 0 amide bonds. The van der Waals surface area contributed by atoms with Crippen molar-refractivity contribution in [1.29, 1.82) is 0 Å². The van der Waals surface area contributed by atoms with E-state index in [0.29, 0.717) is 19.0 Å². The fourth-order valence-electron chi connectivity index (χ4n) is 2.16. The molecule has 8 heteroatoms. The Morgan fingerprint density at radius 2 is 2.04 bits per heavy atom. The Morgan fingerprint density at radius 3 is 2.73 bits per heavy atom. The molecule has 0 unspecified atom stereocenters. The summed E-state index contributed by atoms with van der Waals surface area (Å²) in [5.41, 5.74) is 0. The van der Waals surface area contributed by atoms with Crippen LogP contribution in [0.5, 0.6) is 5.75 Å². The molecule has 1 aliphatic rings. The van der Waals surface area contributed by atoms with Crippen molar-refractivity contribution in [2.24, 2.45) is 10.9 Å². The number of rotatable bonds is 11. The molecule has 0 radical (unpaired) electrons. The maximum absolute atomic E-state index is 13.4. The van der Waals surface area contributed by atoms with E-state index in [-0.39, 0.29) is 36.3 Å². The average molecular weight is 483 g/mol. The van der Waals surface area contributed by atoms with Crippen LogP contribution in [0, 0.1) is 17.6 Å². The van der Waals surface area contributed by atoms with Gasteiger partial charge < -0.3 is 20.1 Å². The summed E-state index contributed by atoms with van der Waals surface area (Å²) in [4.78, 5) is 4.45. The summed E-state index contributed by atoms with van der Waals surface area (Å²) in [5.74, 6) is 0.191. The van der Waals surface area contributed by atoms with Crippen molar-refractivity contribution in [3.63, 3.8) is 0 Å². The van der Waals surface area contributed by atoms with Gasteiger partial charge in [-0.1, -0.05) is 0 Å². The van der Waals surface area contributed by atoms with E-state index in [2.05, 4.69) is 15.6 Å². The van der Waals surface area contributed by atoms with Crippen LogP contribution in [-0.2, 0) is 4.74 Å². The molecule has 0 aliphatic heterocycles. The van der Waals surface area contributed by atoms with Gasteiger partial charge in [0.05, 0.1) is 6.54 Å². The number of guanidine groups is 1. The van der Waals surface area contributed by atoms with Crippen LogP contribution in [0.1, 0.15) is 26.2 Å². The monoisotopic (exact) mass is 483 g/mol. The highest BCUT2D eigenvalue weighted by Crippen LogP contribution is 2.28. The standard InChI is InChI=1S/C18H27F2N3O2.HI/c1-2-21-18(22-8-3-10-24-13-14-4-5-14)23-9-11-25-17-7-6-15(19)12-16(17)20;/h6-7,12,14H,2-5,8-11,13H2,1H3,(H2,21,22,23);1H. The SMILES string of the molecule is CCNC(=NCCCOCC1CC1)NCCOc1ccc(F)cc1F.I. The van der Waals surface area contributed by atoms with E-state index in [1.165, 1.54) is 25.0 Å². The van der Waals surface area contributed by atoms with Crippen molar-refractivity contribution in [1.82, 2.24) is 10.6 Å². The topological polar surface area (TPSA) is 54.9 Å². The molecule has 1 saturated carbocycles. The Bertz CT molecular complexity index is 557. The van der Waals surface area contributed by atoms with Gasteiger partial charge in [0.2, 0.25) is 0 Å². The molecule has 1 aliphatic carbocycles. The van der Waals surface area contributed by atoms with E-state index in [1.54, 1.807) is 0 Å². The summed E-state index contributed by atoms with van der Waals surface area (Å²) < 4.78 is 37.1. The van der Waals surface area contributed by atoms with E-state index < -0.39 is 11.6 Å². The molecule has 5 nitrogen and oxygen atoms in total. The van der Waals surface area contributed by atoms with Gasteiger partial charge in [-0.15, -0.1) is 24.0 Å². The highest BCUT2D eigenvalue weighted by molar-refractivity contribution is 14.0. The zero-order valence-electron chi connectivity index (χ0n) is 15.1. The van der Waals surface area contributed by atoms with E-state index in [0.717, 1.165) is 38.2 Å². The number of halogens is 3. The molecule has 1 aromatic carbocycles. The first-order chi connectivity index (χ1) is 12.2. The lowest BCUT2D eigenvalue weighted by molar-refractivity contribution is 0.123. The predicted octanol–water partition coefficient (Wildman–Crippen LogP) is 3.33. The van der Waals surface area contributed by atoms with E-state index >= 15 is 0 Å². The van der Waals surface area contributed by atoms with Crippen molar-refractivity contribution in [3.05, 3.63) is 29.8 Å². The van der Waals surface area contributed by atoms with E-state index in [4.69, 9.17) is 9.47 Å². The van der Waals surface area contributed by atoms with Crippen molar-refractivity contribution in [3.8, 4) is 5.75 Å². The van der Waals surface area contributed by atoms with Crippen molar-refractivity contribution < 1.29 is 18.3 Å². The molecule has 0 saturated heterocycles. The first kappa shape index (κ1) is 22.9. The summed E-state index contributed by atoms with van der Waals surface area (Å²) >= 11 is 0. The number of benzene rings is 1. The minimum atomic E-state index is -0.702. The van der Waals surface area contributed by atoms with Gasteiger partial charge in [-0.25, -0.2) is 8.78 Å². The summed E-state index contributed by atoms with van der Waals surface area (Å²) in [6, 6.07) is 3.26. The molecule has 0 heterocycles. The highest BCUT2D eigenvalue weighted by Gasteiger charge is 2.20. The number of nitrogens with one attached hydrogen (secondary N) is 2. The number of hydrogen-bond donors (Lipinski definition) is 2. The molecule has 148 valence electrons. The second-order valence-electron chi connectivity index (χ2n) is 5.98. The molecule has 0 aromatic heterocycles. The Morgan fingerprint density at radius 1 is 1.23 bits per heavy atom. The maximum Gasteiger partial charge on any atom is 0.191 e. The van der Waals surface area contributed by atoms with Gasteiger partial charge in [-0.2, -0.15) is 0 Å². The fourth-order valence-corrected chi connectivity index (χ4v) is 2.16. The fraction of sp³-hybridized carbons (Fsp3) is 0.611. The molecular formula is C18H28F2IN3O2. The van der Waals surface area contributed by atoms with Gasteiger partial charge in [0.1, 0.15) is 12.4 Å². The number of nitrogens with zero attached hydrogens (tertiary/aromatic N) is 1. The summed E-state index contributed by atoms with van der Waals surface area (Å²) in [6.07, 6.45) is 3.48. The quantitative estimate of drug-likeness (QED) is 0.220. The van der Waals surface area contributed by atoms with Crippen molar-refractivity contribution >= 4 is 29.9 Å². The first-order valence-corrected chi connectivity index (χ1v) is 8.86. The molecule has 1 fully saturated rings. The maximum atomic E-state index is 13.4. The van der Waals surface area contributed by atoms with Gasteiger partial charge in [0.15, 0.2) is 17.5 Å². The first-order valence-electron chi connectivity index (χ1n) is 8.86. The molecular weight excluding hydrogens is 455 g/mol. The van der Waals surface area contributed by atoms with Crippen LogP contribution in [0.4, 0.5) is 8.78 Å². The van der Waals surface area contributed by atoms with Gasteiger partial charge in [0, 0.05) is 32.4 Å². The van der Waals surface area contributed by atoms with Crippen LogP contribution in [-0.4, -0.2) is 45.4 Å². The Kier molecular flexibility index (Phi) is 11.5.